The van der Waals surface area contributed by atoms with E-state index in [1.807, 2.05) is 0 Å². The second kappa shape index (κ2) is 9.30. The van der Waals surface area contributed by atoms with Crippen LogP contribution in [0.25, 0.3) is 0 Å². The summed E-state index contributed by atoms with van der Waals surface area (Å²) in [5.74, 6) is -0.504. The third-order valence-corrected chi connectivity index (χ3v) is 6.97. The van der Waals surface area contributed by atoms with Gasteiger partial charge in [-0.2, -0.15) is 0 Å². The number of hydrogen-bond donors (Lipinski definition) is 1. The van der Waals surface area contributed by atoms with E-state index in [1.165, 1.54) is 29.2 Å². The Kier molecular flexibility index (Phi) is 6.19. The first kappa shape index (κ1) is 23.3. The van der Waals surface area contributed by atoms with Gasteiger partial charge in [-0.15, -0.1) is 0 Å². The molecule has 1 aliphatic carbocycles. The quantitative estimate of drug-likeness (QED) is 0.709. The topological polar surface area (TPSA) is 88.2 Å². The molecule has 2 aromatic carbocycles. The van der Waals surface area contributed by atoms with Crippen LogP contribution in [0.1, 0.15) is 46.4 Å². The number of nitrogens with one attached hydrogen (secondary N) is 1. The van der Waals surface area contributed by atoms with Crippen molar-refractivity contribution >= 4 is 17.7 Å². The number of carbonyl (C=O) groups is 3. The summed E-state index contributed by atoms with van der Waals surface area (Å²) in [7, 11) is 1.57. The van der Waals surface area contributed by atoms with Crippen LogP contribution in [0.3, 0.4) is 0 Å². The van der Waals surface area contributed by atoms with E-state index in [2.05, 4.69) is 5.32 Å². The smallest absolute Gasteiger partial charge is 0.256 e. The van der Waals surface area contributed by atoms with Gasteiger partial charge in [0.25, 0.3) is 11.8 Å². The lowest BCUT2D eigenvalue weighted by Crippen LogP contribution is -2.60. The van der Waals surface area contributed by atoms with Gasteiger partial charge in [-0.1, -0.05) is 0 Å². The van der Waals surface area contributed by atoms with Crippen molar-refractivity contribution in [2.45, 2.75) is 43.5 Å². The number of carbonyl (C=O) groups excluding carboxylic acids is 3. The summed E-state index contributed by atoms with van der Waals surface area (Å²) in [6, 6.07) is 11.6. The molecule has 8 nitrogen and oxygen atoms in total. The summed E-state index contributed by atoms with van der Waals surface area (Å²) in [5, 5.41) is 2.97. The average molecular weight is 482 g/mol. The predicted molar refractivity (Wildman–Crippen MR) is 124 cm³/mol. The molecule has 2 saturated heterocycles. The number of nitrogens with zero attached hydrogens (tertiary/aromatic N) is 2. The van der Waals surface area contributed by atoms with Crippen LogP contribution in [0.15, 0.2) is 48.5 Å². The molecule has 5 rings (SSSR count). The monoisotopic (exact) mass is 481 g/mol. The maximum atomic E-state index is 13.6. The summed E-state index contributed by atoms with van der Waals surface area (Å²) in [4.78, 5) is 42.9. The van der Waals surface area contributed by atoms with Crippen LogP contribution in [0, 0.1) is 5.82 Å². The maximum Gasteiger partial charge on any atom is 0.256 e. The fraction of sp³-hybridized carbons (Fsp3) is 0.423. The first-order valence-corrected chi connectivity index (χ1v) is 11.9. The number of likely N-dealkylation sites (tertiary alicyclic amines) is 1. The maximum absolute atomic E-state index is 13.6. The Labute approximate surface area is 203 Å². The molecule has 2 heterocycles. The number of halogens is 1. The van der Waals surface area contributed by atoms with Gasteiger partial charge in [0.2, 0.25) is 5.91 Å². The lowest BCUT2D eigenvalue weighted by molar-refractivity contribution is -0.128. The first-order valence-electron chi connectivity index (χ1n) is 11.9. The van der Waals surface area contributed by atoms with Crippen LogP contribution in [0.2, 0.25) is 0 Å². The second-order valence-electron chi connectivity index (χ2n) is 9.26. The van der Waals surface area contributed by atoms with E-state index in [0.717, 1.165) is 12.8 Å². The van der Waals surface area contributed by atoms with E-state index in [-0.39, 0.29) is 35.9 Å². The van der Waals surface area contributed by atoms with Crippen LogP contribution in [0.5, 0.6) is 5.75 Å². The summed E-state index contributed by atoms with van der Waals surface area (Å²) in [6.07, 6.45) is 2.60. The van der Waals surface area contributed by atoms with Crippen molar-refractivity contribution < 1.29 is 28.2 Å². The Hall–Kier alpha value is -3.46. The fourth-order valence-electron chi connectivity index (χ4n) is 4.80. The lowest BCUT2D eigenvalue weighted by Gasteiger charge is -2.44. The lowest BCUT2D eigenvalue weighted by atomic mass is 9.96. The van der Waals surface area contributed by atoms with E-state index in [9.17, 15) is 18.8 Å². The minimum absolute atomic E-state index is 0.0813. The number of amides is 3. The molecular formula is C26H28FN3O5. The van der Waals surface area contributed by atoms with Crippen molar-refractivity contribution in [1.82, 2.24) is 15.1 Å². The highest BCUT2D eigenvalue weighted by Gasteiger charge is 2.54. The molecule has 3 fully saturated rings. The molecule has 1 spiro atoms. The standard InChI is InChI=1S/C26H28FN3O5/c1-34-21-10-4-17(5-11-21)24(32)29-14-12-26(13-15-29)30(25(33)18-2-6-19(27)7-3-18)22(16-35-26)23(31)28-20-8-9-20/h2-7,10-11,20,22H,8-9,12-16H2,1H3,(H,28,31)/t22-/m1/s1. The molecule has 1 N–H and O–H groups in total. The Morgan fingerprint density at radius 2 is 1.57 bits per heavy atom. The number of hydrogen-bond acceptors (Lipinski definition) is 5. The van der Waals surface area contributed by atoms with Crippen molar-refractivity contribution in [3.8, 4) is 5.75 Å². The Balaban J connectivity index is 1.35. The number of ether oxygens (including phenoxy) is 2. The van der Waals surface area contributed by atoms with E-state index in [0.29, 0.717) is 37.2 Å². The van der Waals surface area contributed by atoms with E-state index < -0.39 is 17.6 Å². The van der Waals surface area contributed by atoms with Crippen molar-refractivity contribution in [3.63, 3.8) is 0 Å². The molecule has 0 radical (unpaired) electrons. The van der Waals surface area contributed by atoms with Gasteiger partial charge in [-0.3, -0.25) is 19.3 Å². The molecule has 3 amide bonds. The van der Waals surface area contributed by atoms with Crippen LogP contribution < -0.4 is 10.1 Å². The van der Waals surface area contributed by atoms with Gasteiger partial charge in [0.1, 0.15) is 23.3 Å². The van der Waals surface area contributed by atoms with E-state index in [4.69, 9.17) is 9.47 Å². The van der Waals surface area contributed by atoms with Gasteiger partial charge in [-0.25, -0.2) is 4.39 Å². The Morgan fingerprint density at radius 3 is 2.17 bits per heavy atom. The number of benzene rings is 2. The normalized spacial score (nSPS) is 21.1. The molecule has 9 heteroatoms. The SMILES string of the molecule is COc1ccc(C(=O)N2CCC3(CC2)OC[C@H](C(=O)NC2CC2)N3C(=O)c2ccc(F)cc2)cc1. The molecule has 0 aromatic heterocycles. The molecule has 0 unspecified atom stereocenters. The summed E-state index contributed by atoms with van der Waals surface area (Å²) >= 11 is 0. The van der Waals surface area contributed by atoms with Gasteiger partial charge in [0, 0.05) is 43.1 Å². The summed E-state index contributed by atoms with van der Waals surface area (Å²) < 4.78 is 24.8. The van der Waals surface area contributed by atoms with Gasteiger partial charge in [0.15, 0.2) is 0 Å². The zero-order chi connectivity index (χ0) is 24.6. The van der Waals surface area contributed by atoms with Gasteiger partial charge >= 0.3 is 0 Å². The molecule has 2 aromatic rings. The predicted octanol–water partition coefficient (Wildman–Crippen LogP) is 2.59. The molecule has 0 bridgehead atoms. The molecule has 1 atom stereocenters. The van der Waals surface area contributed by atoms with Crippen LogP contribution in [-0.2, 0) is 9.53 Å². The van der Waals surface area contributed by atoms with Crippen molar-refractivity contribution in [2.24, 2.45) is 0 Å². The van der Waals surface area contributed by atoms with Crippen LogP contribution in [-0.4, -0.2) is 72.1 Å². The average Bonchev–Trinajstić information content (AvgIpc) is 3.63. The molecule has 184 valence electrons. The Morgan fingerprint density at radius 1 is 0.971 bits per heavy atom. The number of rotatable bonds is 5. The zero-order valence-corrected chi connectivity index (χ0v) is 19.5. The van der Waals surface area contributed by atoms with Crippen molar-refractivity contribution in [1.29, 1.82) is 0 Å². The highest BCUT2D eigenvalue weighted by atomic mass is 19.1. The molecule has 3 aliphatic rings. The summed E-state index contributed by atoms with van der Waals surface area (Å²) in [6.45, 7) is 0.821. The number of piperidine rings is 1. The first-order chi connectivity index (χ1) is 16.9. The molecule has 35 heavy (non-hydrogen) atoms. The highest BCUT2D eigenvalue weighted by Crippen LogP contribution is 2.39. The molecular weight excluding hydrogens is 453 g/mol. The summed E-state index contributed by atoms with van der Waals surface area (Å²) in [5.41, 5.74) is -0.166. The van der Waals surface area contributed by atoms with Gasteiger partial charge in [-0.05, 0) is 61.4 Å². The fourth-order valence-corrected chi connectivity index (χ4v) is 4.80. The second-order valence-corrected chi connectivity index (χ2v) is 9.26. The van der Waals surface area contributed by atoms with Gasteiger partial charge in [0.05, 0.1) is 13.7 Å². The van der Waals surface area contributed by atoms with E-state index in [1.54, 1.807) is 36.3 Å². The number of methoxy groups -OCH3 is 1. The minimum Gasteiger partial charge on any atom is -0.497 e. The van der Waals surface area contributed by atoms with Crippen molar-refractivity contribution in [2.75, 3.05) is 26.8 Å². The zero-order valence-electron chi connectivity index (χ0n) is 19.5. The molecule has 1 saturated carbocycles. The third kappa shape index (κ3) is 4.60. The van der Waals surface area contributed by atoms with Crippen LogP contribution in [0.4, 0.5) is 4.39 Å². The van der Waals surface area contributed by atoms with Crippen molar-refractivity contribution in [3.05, 3.63) is 65.5 Å². The van der Waals surface area contributed by atoms with Crippen LogP contribution >= 0.6 is 0 Å². The van der Waals surface area contributed by atoms with Gasteiger partial charge < -0.3 is 19.7 Å². The largest absolute Gasteiger partial charge is 0.497 e. The minimum atomic E-state index is -1.01. The Bertz CT molecular complexity index is 1110. The highest BCUT2D eigenvalue weighted by molar-refractivity contribution is 5.98. The van der Waals surface area contributed by atoms with E-state index >= 15 is 0 Å². The molecule has 2 aliphatic heterocycles. The third-order valence-electron chi connectivity index (χ3n) is 6.97.